The molecule has 0 bridgehead atoms. The second kappa shape index (κ2) is 5.62. The van der Waals surface area contributed by atoms with Crippen LogP contribution in [0, 0.1) is 0 Å². The van der Waals surface area contributed by atoms with E-state index in [0.717, 1.165) is 18.0 Å². The minimum atomic E-state index is -0.852. The van der Waals surface area contributed by atoms with Gasteiger partial charge in [-0.25, -0.2) is 4.79 Å². The van der Waals surface area contributed by atoms with Gasteiger partial charge in [-0.3, -0.25) is 0 Å². The zero-order chi connectivity index (χ0) is 13.1. The Hall–Kier alpha value is -0.910. The highest BCUT2D eigenvalue weighted by Gasteiger charge is 2.19. The first-order valence-electron chi connectivity index (χ1n) is 5.53. The van der Waals surface area contributed by atoms with Gasteiger partial charge in [-0.2, -0.15) is 0 Å². The average molecular weight is 256 g/mol. The maximum Gasteiger partial charge on any atom is 0.345 e. The molecule has 0 spiro atoms. The molecule has 0 atom stereocenters. The van der Waals surface area contributed by atoms with Crippen molar-refractivity contribution in [2.24, 2.45) is 0 Å². The lowest BCUT2D eigenvalue weighted by Crippen LogP contribution is -2.46. The van der Waals surface area contributed by atoms with E-state index >= 15 is 0 Å². The lowest BCUT2D eigenvalue weighted by atomic mass is 10.0. The summed E-state index contributed by atoms with van der Waals surface area (Å²) in [6, 6.07) is 3.52. The van der Waals surface area contributed by atoms with Crippen LogP contribution in [0.1, 0.15) is 28.4 Å². The second-order valence-electron chi connectivity index (χ2n) is 4.88. The molecule has 0 radical (unpaired) electrons. The predicted molar refractivity (Wildman–Crippen MR) is 70.8 cm³/mol. The normalized spacial score (nSPS) is 12.1. The molecule has 0 amide bonds. The molecule has 0 unspecified atom stereocenters. The topological polar surface area (TPSA) is 52.6 Å². The molecule has 96 valence electrons. The Balaban J connectivity index is 2.43. The zero-order valence-corrected chi connectivity index (χ0v) is 11.6. The summed E-state index contributed by atoms with van der Waals surface area (Å²) in [6.07, 6.45) is 0. The molecule has 5 heteroatoms. The molecule has 1 aromatic heterocycles. The fourth-order valence-corrected chi connectivity index (χ4v) is 2.05. The van der Waals surface area contributed by atoms with Crippen molar-refractivity contribution < 1.29 is 9.90 Å². The number of nitrogens with one attached hydrogen (secondary N) is 1. The van der Waals surface area contributed by atoms with Gasteiger partial charge in [0.2, 0.25) is 0 Å². The van der Waals surface area contributed by atoms with Crippen LogP contribution in [0.5, 0.6) is 0 Å². The Morgan fingerprint density at radius 3 is 2.59 bits per heavy atom. The third kappa shape index (κ3) is 4.11. The molecule has 1 aromatic rings. The van der Waals surface area contributed by atoms with Crippen LogP contribution in [-0.4, -0.2) is 42.2 Å². The molecule has 0 fully saturated rings. The SMILES string of the molecule is CN(C)C(C)(C)CNCc1ccc(C(=O)O)s1. The largest absolute Gasteiger partial charge is 0.477 e. The maximum atomic E-state index is 10.7. The second-order valence-corrected chi connectivity index (χ2v) is 6.05. The van der Waals surface area contributed by atoms with E-state index < -0.39 is 5.97 Å². The van der Waals surface area contributed by atoms with Crippen molar-refractivity contribution in [3.8, 4) is 0 Å². The van der Waals surface area contributed by atoms with Crippen LogP contribution in [0.25, 0.3) is 0 Å². The quantitative estimate of drug-likeness (QED) is 0.816. The summed E-state index contributed by atoms with van der Waals surface area (Å²) >= 11 is 1.32. The highest BCUT2D eigenvalue weighted by molar-refractivity contribution is 7.13. The molecule has 0 saturated heterocycles. The molecule has 0 saturated carbocycles. The molecule has 4 nitrogen and oxygen atoms in total. The summed E-state index contributed by atoms with van der Waals surface area (Å²) < 4.78 is 0. The Labute approximate surface area is 106 Å². The monoisotopic (exact) mass is 256 g/mol. The van der Waals surface area contributed by atoms with Crippen molar-refractivity contribution in [2.75, 3.05) is 20.6 Å². The number of likely N-dealkylation sites (N-methyl/N-ethyl adjacent to an activating group) is 1. The van der Waals surface area contributed by atoms with Gasteiger partial charge in [-0.1, -0.05) is 0 Å². The summed E-state index contributed by atoms with van der Waals surface area (Å²) in [6.45, 7) is 5.91. The van der Waals surface area contributed by atoms with Gasteiger partial charge in [0.1, 0.15) is 4.88 Å². The molecule has 0 aliphatic rings. The third-order valence-electron chi connectivity index (χ3n) is 2.94. The van der Waals surface area contributed by atoms with Crippen LogP contribution in [-0.2, 0) is 6.54 Å². The van der Waals surface area contributed by atoms with Gasteiger partial charge < -0.3 is 15.3 Å². The van der Waals surface area contributed by atoms with Gasteiger partial charge in [0.05, 0.1) is 0 Å². The summed E-state index contributed by atoms with van der Waals surface area (Å²) in [5.41, 5.74) is 0.0902. The molecule has 0 aliphatic heterocycles. The first-order valence-corrected chi connectivity index (χ1v) is 6.35. The number of hydrogen-bond acceptors (Lipinski definition) is 4. The van der Waals surface area contributed by atoms with Crippen molar-refractivity contribution in [1.82, 2.24) is 10.2 Å². The molecule has 1 rings (SSSR count). The van der Waals surface area contributed by atoms with Crippen LogP contribution in [0.15, 0.2) is 12.1 Å². The van der Waals surface area contributed by atoms with Crippen molar-refractivity contribution in [3.63, 3.8) is 0 Å². The lowest BCUT2D eigenvalue weighted by Gasteiger charge is -2.32. The summed E-state index contributed by atoms with van der Waals surface area (Å²) in [7, 11) is 4.10. The molecule has 1 heterocycles. The third-order valence-corrected chi connectivity index (χ3v) is 4.01. The number of aromatic carboxylic acids is 1. The summed E-state index contributed by atoms with van der Waals surface area (Å²) in [5.74, 6) is -0.852. The van der Waals surface area contributed by atoms with Crippen molar-refractivity contribution >= 4 is 17.3 Å². The van der Waals surface area contributed by atoms with Crippen molar-refractivity contribution in [3.05, 3.63) is 21.9 Å². The van der Waals surface area contributed by atoms with E-state index in [1.165, 1.54) is 11.3 Å². The summed E-state index contributed by atoms with van der Waals surface area (Å²) in [4.78, 5) is 14.3. The number of nitrogens with zero attached hydrogens (tertiary/aromatic N) is 1. The number of carboxylic acid groups (broad SMARTS) is 1. The van der Waals surface area contributed by atoms with Gasteiger partial charge in [0.25, 0.3) is 0 Å². The fourth-order valence-electron chi connectivity index (χ4n) is 1.24. The van der Waals surface area contributed by atoms with Gasteiger partial charge in [0.15, 0.2) is 0 Å². The van der Waals surface area contributed by atoms with Gasteiger partial charge in [-0.05, 0) is 40.1 Å². The standard InChI is InChI=1S/C12H20N2O2S/c1-12(2,14(3)4)8-13-7-9-5-6-10(17-9)11(15)16/h5-6,13H,7-8H2,1-4H3,(H,15,16). The van der Waals surface area contributed by atoms with Crippen LogP contribution in [0.3, 0.4) is 0 Å². The van der Waals surface area contributed by atoms with E-state index in [1.807, 2.05) is 6.07 Å². The molecule has 2 N–H and O–H groups in total. The fraction of sp³-hybridized carbons (Fsp3) is 0.583. The lowest BCUT2D eigenvalue weighted by molar-refractivity contribution is 0.0702. The molecule has 0 aromatic carbocycles. The predicted octanol–water partition coefficient (Wildman–Crippen LogP) is 1.88. The van der Waals surface area contributed by atoms with Crippen LogP contribution < -0.4 is 5.32 Å². The smallest absolute Gasteiger partial charge is 0.345 e. The minimum Gasteiger partial charge on any atom is -0.477 e. The molecule has 0 aliphatic carbocycles. The highest BCUT2D eigenvalue weighted by atomic mass is 32.1. The Morgan fingerprint density at radius 1 is 1.47 bits per heavy atom. The van der Waals surface area contributed by atoms with E-state index in [0.29, 0.717) is 4.88 Å². The van der Waals surface area contributed by atoms with Gasteiger partial charge in [0, 0.05) is 23.5 Å². The Kier molecular flexibility index (Phi) is 4.68. The number of carboxylic acids is 1. The summed E-state index contributed by atoms with van der Waals surface area (Å²) in [5, 5.41) is 12.2. The van der Waals surface area contributed by atoms with Crippen LogP contribution >= 0.6 is 11.3 Å². The first kappa shape index (κ1) is 14.2. The van der Waals surface area contributed by atoms with E-state index in [1.54, 1.807) is 6.07 Å². The Bertz CT molecular complexity index is 386. The van der Waals surface area contributed by atoms with E-state index in [4.69, 9.17) is 5.11 Å². The van der Waals surface area contributed by atoms with Crippen LogP contribution in [0.4, 0.5) is 0 Å². The van der Waals surface area contributed by atoms with Crippen molar-refractivity contribution in [2.45, 2.75) is 25.9 Å². The van der Waals surface area contributed by atoms with Gasteiger partial charge in [-0.15, -0.1) is 11.3 Å². The minimum absolute atomic E-state index is 0.0902. The maximum absolute atomic E-state index is 10.7. The van der Waals surface area contributed by atoms with Gasteiger partial charge >= 0.3 is 5.97 Å². The van der Waals surface area contributed by atoms with Crippen molar-refractivity contribution in [1.29, 1.82) is 0 Å². The number of hydrogen-bond donors (Lipinski definition) is 2. The Morgan fingerprint density at radius 2 is 2.12 bits per heavy atom. The van der Waals surface area contributed by atoms with E-state index in [-0.39, 0.29) is 5.54 Å². The first-order chi connectivity index (χ1) is 7.83. The number of carbonyl (C=O) groups is 1. The number of thiophene rings is 1. The average Bonchev–Trinajstić information content (AvgIpc) is 2.66. The number of rotatable bonds is 6. The van der Waals surface area contributed by atoms with E-state index in [9.17, 15) is 4.79 Å². The highest BCUT2D eigenvalue weighted by Crippen LogP contribution is 2.16. The van der Waals surface area contributed by atoms with Crippen LogP contribution in [0.2, 0.25) is 0 Å². The molecular weight excluding hydrogens is 236 g/mol. The van der Waals surface area contributed by atoms with E-state index in [2.05, 4.69) is 38.2 Å². The zero-order valence-electron chi connectivity index (χ0n) is 10.8. The molecule has 17 heavy (non-hydrogen) atoms. The molecular formula is C12H20N2O2S.